The second-order valence-corrected chi connectivity index (χ2v) is 4.61. The Labute approximate surface area is 98.1 Å². The van der Waals surface area contributed by atoms with Crippen molar-refractivity contribution in [1.29, 1.82) is 0 Å². The van der Waals surface area contributed by atoms with Crippen LogP contribution in [0.3, 0.4) is 0 Å². The summed E-state index contributed by atoms with van der Waals surface area (Å²) in [6.07, 6.45) is 4.28. The van der Waals surface area contributed by atoms with Gasteiger partial charge in [0.25, 0.3) is 0 Å². The van der Waals surface area contributed by atoms with Crippen LogP contribution in [-0.2, 0) is 0 Å². The maximum atomic E-state index is 3.35. The highest BCUT2D eigenvalue weighted by Gasteiger charge is 2.17. The summed E-state index contributed by atoms with van der Waals surface area (Å²) in [6, 6.07) is 0. The lowest BCUT2D eigenvalue weighted by Crippen LogP contribution is -2.49. The van der Waals surface area contributed by atoms with E-state index in [1.54, 1.807) is 0 Å². The SMILES string of the molecule is CN1NC(I)=CC=C1N1CCNCC1. The van der Waals surface area contributed by atoms with Crippen molar-refractivity contribution >= 4 is 22.6 Å². The molecule has 2 rings (SSSR count). The van der Waals surface area contributed by atoms with E-state index >= 15 is 0 Å². The van der Waals surface area contributed by atoms with E-state index in [0.717, 1.165) is 29.9 Å². The molecule has 0 bridgehead atoms. The maximum Gasteiger partial charge on any atom is 0.123 e. The fraction of sp³-hybridized carbons (Fsp3) is 0.556. The van der Waals surface area contributed by atoms with Gasteiger partial charge in [-0.3, -0.25) is 10.4 Å². The fourth-order valence-corrected chi connectivity index (χ4v) is 2.27. The first-order valence-corrected chi connectivity index (χ1v) is 5.89. The normalized spacial score (nSPS) is 22.7. The Morgan fingerprint density at radius 3 is 2.64 bits per heavy atom. The summed E-state index contributed by atoms with van der Waals surface area (Å²) < 4.78 is 1.16. The van der Waals surface area contributed by atoms with E-state index in [2.05, 4.69) is 62.4 Å². The number of halogens is 1. The van der Waals surface area contributed by atoms with Gasteiger partial charge >= 0.3 is 0 Å². The molecule has 0 amide bonds. The van der Waals surface area contributed by atoms with Gasteiger partial charge in [-0.15, -0.1) is 0 Å². The molecule has 0 aliphatic carbocycles. The van der Waals surface area contributed by atoms with Crippen LogP contribution < -0.4 is 10.7 Å². The zero-order valence-electron chi connectivity index (χ0n) is 8.26. The number of hydrazine groups is 1. The van der Waals surface area contributed by atoms with Crippen LogP contribution in [0, 0.1) is 0 Å². The molecule has 0 saturated carbocycles. The quantitative estimate of drug-likeness (QED) is 0.544. The Kier molecular flexibility index (Phi) is 3.17. The van der Waals surface area contributed by atoms with Gasteiger partial charge < -0.3 is 10.2 Å². The van der Waals surface area contributed by atoms with Crippen LogP contribution in [0.1, 0.15) is 0 Å². The van der Waals surface area contributed by atoms with E-state index < -0.39 is 0 Å². The number of nitrogens with zero attached hydrogens (tertiary/aromatic N) is 2. The van der Waals surface area contributed by atoms with Crippen LogP contribution in [0.5, 0.6) is 0 Å². The molecule has 78 valence electrons. The van der Waals surface area contributed by atoms with Gasteiger partial charge in [-0.25, -0.2) is 0 Å². The summed E-state index contributed by atoms with van der Waals surface area (Å²) in [5, 5.41) is 5.43. The van der Waals surface area contributed by atoms with Gasteiger partial charge in [-0.1, -0.05) is 0 Å². The molecule has 14 heavy (non-hydrogen) atoms. The van der Waals surface area contributed by atoms with Crippen molar-refractivity contribution in [3.05, 3.63) is 21.7 Å². The second-order valence-electron chi connectivity index (χ2n) is 3.45. The van der Waals surface area contributed by atoms with Crippen LogP contribution >= 0.6 is 22.6 Å². The van der Waals surface area contributed by atoms with E-state index in [9.17, 15) is 0 Å². The minimum absolute atomic E-state index is 1.08. The Hall–Kier alpha value is -0.430. The molecule has 1 fully saturated rings. The Morgan fingerprint density at radius 2 is 2.00 bits per heavy atom. The third kappa shape index (κ3) is 2.14. The van der Waals surface area contributed by atoms with E-state index in [1.807, 2.05) is 0 Å². The summed E-state index contributed by atoms with van der Waals surface area (Å²) in [7, 11) is 2.06. The highest BCUT2D eigenvalue weighted by Crippen LogP contribution is 2.16. The number of nitrogens with one attached hydrogen (secondary N) is 2. The van der Waals surface area contributed by atoms with Crippen molar-refractivity contribution in [2.45, 2.75) is 0 Å². The molecule has 0 aromatic rings. The van der Waals surface area contributed by atoms with E-state index in [-0.39, 0.29) is 0 Å². The third-order valence-electron chi connectivity index (χ3n) is 2.44. The predicted octanol–water partition coefficient (Wildman–Crippen LogP) is 0.459. The van der Waals surface area contributed by atoms with Gasteiger partial charge in [0.1, 0.15) is 5.82 Å². The number of rotatable bonds is 1. The molecule has 2 aliphatic heterocycles. The van der Waals surface area contributed by atoms with Gasteiger partial charge in [0.2, 0.25) is 0 Å². The van der Waals surface area contributed by atoms with Crippen molar-refractivity contribution in [2.75, 3.05) is 33.2 Å². The van der Waals surface area contributed by atoms with Crippen molar-refractivity contribution in [1.82, 2.24) is 20.7 Å². The molecule has 0 atom stereocenters. The summed E-state index contributed by atoms with van der Waals surface area (Å²) in [5.41, 5.74) is 3.28. The number of hydrogen-bond donors (Lipinski definition) is 2. The van der Waals surface area contributed by atoms with E-state index in [1.165, 1.54) is 5.82 Å². The lowest BCUT2D eigenvalue weighted by atomic mass is 10.3. The van der Waals surface area contributed by atoms with Crippen molar-refractivity contribution in [3.63, 3.8) is 0 Å². The monoisotopic (exact) mass is 306 g/mol. The number of allylic oxidation sites excluding steroid dienone is 2. The lowest BCUT2D eigenvalue weighted by Gasteiger charge is -2.37. The molecule has 0 spiro atoms. The topological polar surface area (TPSA) is 30.5 Å². The minimum Gasteiger partial charge on any atom is -0.354 e. The summed E-state index contributed by atoms with van der Waals surface area (Å²) >= 11 is 2.29. The molecule has 0 radical (unpaired) electrons. The molecule has 2 N–H and O–H groups in total. The van der Waals surface area contributed by atoms with Crippen LogP contribution in [0.4, 0.5) is 0 Å². The molecule has 0 aromatic carbocycles. The highest BCUT2D eigenvalue weighted by molar-refractivity contribution is 14.1. The van der Waals surface area contributed by atoms with E-state index in [4.69, 9.17) is 0 Å². The molecule has 2 heterocycles. The van der Waals surface area contributed by atoms with Crippen molar-refractivity contribution in [2.24, 2.45) is 0 Å². The largest absolute Gasteiger partial charge is 0.354 e. The summed E-state index contributed by atoms with van der Waals surface area (Å²) in [5.74, 6) is 1.26. The number of piperazine rings is 1. The molecule has 4 nitrogen and oxygen atoms in total. The number of hydrogen-bond acceptors (Lipinski definition) is 4. The zero-order chi connectivity index (χ0) is 9.97. The van der Waals surface area contributed by atoms with Gasteiger partial charge in [0, 0.05) is 33.2 Å². The smallest absolute Gasteiger partial charge is 0.123 e. The molecule has 0 unspecified atom stereocenters. The van der Waals surface area contributed by atoms with Gasteiger partial charge in [0.15, 0.2) is 0 Å². The molecule has 0 aromatic heterocycles. The molecule has 5 heteroatoms. The average Bonchev–Trinajstić information content (AvgIpc) is 2.19. The van der Waals surface area contributed by atoms with Crippen LogP contribution in [0.15, 0.2) is 21.7 Å². The zero-order valence-corrected chi connectivity index (χ0v) is 10.4. The van der Waals surface area contributed by atoms with Gasteiger partial charge in [0.05, 0.1) is 3.70 Å². The molecule has 2 aliphatic rings. The molecular formula is C9H15IN4. The lowest BCUT2D eigenvalue weighted by molar-refractivity contribution is 0.187. The first-order valence-electron chi connectivity index (χ1n) is 4.81. The van der Waals surface area contributed by atoms with Crippen molar-refractivity contribution < 1.29 is 0 Å². The predicted molar refractivity (Wildman–Crippen MR) is 65.5 cm³/mol. The second kappa shape index (κ2) is 4.39. The molecular weight excluding hydrogens is 291 g/mol. The Bertz CT molecular complexity index is 268. The highest BCUT2D eigenvalue weighted by atomic mass is 127. The van der Waals surface area contributed by atoms with E-state index in [0.29, 0.717) is 0 Å². The maximum absolute atomic E-state index is 3.35. The van der Waals surface area contributed by atoms with Crippen LogP contribution in [0.2, 0.25) is 0 Å². The van der Waals surface area contributed by atoms with Gasteiger partial charge in [-0.2, -0.15) is 0 Å². The fourth-order valence-electron chi connectivity index (χ4n) is 1.73. The Morgan fingerprint density at radius 1 is 1.29 bits per heavy atom. The van der Waals surface area contributed by atoms with Gasteiger partial charge in [-0.05, 0) is 34.7 Å². The minimum atomic E-state index is 1.08. The van der Waals surface area contributed by atoms with Crippen molar-refractivity contribution in [3.8, 4) is 0 Å². The first kappa shape index (κ1) is 10.1. The summed E-state index contributed by atoms with van der Waals surface area (Å²) in [4.78, 5) is 2.39. The molecule has 1 saturated heterocycles. The average molecular weight is 306 g/mol. The standard InChI is InChI=1S/C9H15IN4/c1-13-9(3-2-8(10)12-13)14-6-4-11-5-7-14/h2-3,11-12H,4-7H2,1H3. The van der Waals surface area contributed by atoms with Crippen LogP contribution in [0.25, 0.3) is 0 Å². The Balaban J connectivity index is 2.08. The van der Waals surface area contributed by atoms with Crippen LogP contribution in [-0.4, -0.2) is 43.1 Å². The third-order valence-corrected chi connectivity index (χ3v) is 3.04. The summed E-state index contributed by atoms with van der Waals surface area (Å²) in [6.45, 7) is 4.32. The first-order chi connectivity index (χ1) is 6.77.